The number of carbonyl (C=O) groups excluding carboxylic acids is 2. The molecule has 5 rings (SSSR count). The van der Waals surface area contributed by atoms with Crippen molar-refractivity contribution in [1.82, 2.24) is 0 Å². The number of fused-ring (bicyclic) bond motifs is 2. The van der Waals surface area contributed by atoms with Gasteiger partial charge in [0.15, 0.2) is 23.0 Å². The Kier molecular flexibility index (Phi) is 4.61. The van der Waals surface area contributed by atoms with Gasteiger partial charge in [-0.25, -0.2) is 0 Å². The van der Waals surface area contributed by atoms with Crippen LogP contribution >= 0.6 is 0 Å². The highest BCUT2D eigenvalue weighted by molar-refractivity contribution is 5.75. The molecule has 0 spiro atoms. The Morgan fingerprint density at radius 1 is 0.967 bits per heavy atom. The summed E-state index contributed by atoms with van der Waals surface area (Å²) in [6.45, 7) is 1.85. The van der Waals surface area contributed by atoms with Crippen LogP contribution in [0.25, 0.3) is 0 Å². The van der Waals surface area contributed by atoms with Crippen LogP contribution in [0.3, 0.4) is 0 Å². The summed E-state index contributed by atoms with van der Waals surface area (Å²) in [5.74, 6) is 1.00. The molecule has 0 saturated carbocycles. The van der Waals surface area contributed by atoms with Crippen molar-refractivity contribution in [2.45, 2.75) is 19.4 Å². The molecule has 3 aliphatic rings. The van der Waals surface area contributed by atoms with Crippen LogP contribution in [-0.2, 0) is 25.5 Å². The van der Waals surface area contributed by atoms with Crippen LogP contribution in [0.15, 0.2) is 36.4 Å². The highest BCUT2D eigenvalue weighted by atomic mass is 16.7. The Balaban J connectivity index is 1.43. The van der Waals surface area contributed by atoms with Crippen LogP contribution in [0.5, 0.6) is 23.0 Å². The molecule has 156 valence electrons. The third kappa shape index (κ3) is 3.38. The zero-order valence-electron chi connectivity index (χ0n) is 16.3. The monoisotopic (exact) mass is 412 g/mol. The Labute approximate surface area is 172 Å². The van der Waals surface area contributed by atoms with Crippen molar-refractivity contribution in [3.8, 4) is 23.0 Å². The lowest BCUT2D eigenvalue weighted by molar-refractivity contribution is -0.150. The van der Waals surface area contributed by atoms with Crippen LogP contribution < -0.4 is 18.9 Å². The fourth-order valence-corrected chi connectivity index (χ4v) is 4.10. The third-order valence-electron chi connectivity index (χ3n) is 5.54. The van der Waals surface area contributed by atoms with Gasteiger partial charge in [-0.1, -0.05) is 12.1 Å². The summed E-state index contributed by atoms with van der Waals surface area (Å²) in [5.41, 5.74) is 1.65. The molecule has 3 aliphatic heterocycles. The van der Waals surface area contributed by atoms with Gasteiger partial charge in [0.1, 0.15) is 6.10 Å². The summed E-state index contributed by atoms with van der Waals surface area (Å²) in [7, 11) is 0. The molecular weight excluding hydrogens is 392 g/mol. The molecule has 3 heterocycles. The van der Waals surface area contributed by atoms with Gasteiger partial charge in [0.2, 0.25) is 13.6 Å². The van der Waals surface area contributed by atoms with E-state index in [0.29, 0.717) is 29.4 Å². The number of hydrogen-bond acceptors (Lipinski definition) is 8. The number of carbonyl (C=O) groups is 2. The smallest absolute Gasteiger partial charge is 0.309 e. The van der Waals surface area contributed by atoms with E-state index in [1.165, 1.54) is 6.92 Å². The molecule has 2 aromatic rings. The molecule has 0 aliphatic carbocycles. The lowest BCUT2D eigenvalue weighted by Gasteiger charge is -2.26. The fraction of sp³-hybridized carbons (Fsp3) is 0.364. The van der Waals surface area contributed by atoms with E-state index < -0.39 is 18.0 Å². The van der Waals surface area contributed by atoms with Crippen molar-refractivity contribution in [2.24, 2.45) is 11.8 Å². The van der Waals surface area contributed by atoms with E-state index in [1.807, 2.05) is 24.3 Å². The Hall–Kier alpha value is -3.42. The highest BCUT2D eigenvalue weighted by Gasteiger charge is 2.44. The minimum absolute atomic E-state index is 0.148. The lowest BCUT2D eigenvalue weighted by Crippen LogP contribution is -2.27. The second-order valence-electron chi connectivity index (χ2n) is 7.43. The topological polar surface area (TPSA) is 89.5 Å². The summed E-state index contributed by atoms with van der Waals surface area (Å²) < 4.78 is 32.6. The van der Waals surface area contributed by atoms with Gasteiger partial charge in [-0.3, -0.25) is 9.59 Å². The maximum absolute atomic E-state index is 12.6. The maximum Gasteiger partial charge on any atom is 0.309 e. The Morgan fingerprint density at radius 3 is 2.37 bits per heavy atom. The first-order valence-electron chi connectivity index (χ1n) is 9.70. The molecule has 0 aromatic heterocycles. The molecule has 0 radical (unpaired) electrons. The zero-order chi connectivity index (χ0) is 20.7. The first kappa shape index (κ1) is 18.6. The number of rotatable bonds is 5. The molecule has 0 amide bonds. The number of hydrogen-bond donors (Lipinski definition) is 0. The van der Waals surface area contributed by atoms with Crippen LogP contribution in [-0.4, -0.2) is 32.1 Å². The summed E-state index contributed by atoms with van der Waals surface area (Å²) >= 11 is 0. The van der Waals surface area contributed by atoms with Gasteiger partial charge in [-0.15, -0.1) is 0 Å². The van der Waals surface area contributed by atoms with Crippen molar-refractivity contribution in [3.05, 3.63) is 47.5 Å². The van der Waals surface area contributed by atoms with E-state index >= 15 is 0 Å². The molecule has 0 bridgehead atoms. The molecule has 2 aromatic carbocycles. The van der Waals surface area contributed by atoms with Crippen molar-refractivity contribution >= 4 is 11.9 Å². The second-order valence-corrected chi connectivity index (χ2v) is 7.43. The van der Waals surface area contributed by atoms with Crippen LogP contribution in [0.1, 0.15) is 24.2 Å². The summed E-state index contributed by atoms with van der Waals surface area (Å²) in [5, 5.41) is 0. The molecule has 3 unspecified atom stereocenters. The maximum atomic E-state index is 12.6. The van der Waals surface area contributed by atoms with E-state index in [-0.39, 0.29) is 32.1 Å². The molecular formula is C22H20O8. The number of esters is 2. The minimum atomic E-state index is -0.650. The quantitative estimate of drug-likeness (QED) is 0.693. The predicted molar refractivity (Wildman–Crippen MR) is 101 cm³/mol. The van der Waals surface area contributed by atoms with E-state index in [4.69, 9.17) is 28.4 Å². The molecule has 3 atom stereocenters. The van der Waals surface area contributed by atoms with Gasteiger partial charge >= 0.3 is 11.9 Å². The largest absolute Gasteiger partial charge is 0.465 e. The minimum Gasteiger partial charge on any atom is -0.465 e. The van der Waals surface area contributed by atoms with Crippen molar-refractivity contribution in [2.75, 3.05) is 20.2 Å². The van der Waals surface area contributed by atoms with Crippen molar-refractivity contribution in [1.29, 1.82) is 0 Å². The third-order valence-corrected chi connectivity index (χ3v) is 5.54. The fourth-order valence-electron chi connectivity index (χ4n) is 4.10. The first-order chi connectivity index (χ1) is 14.6. The van der Waals surface area contributed by atoms with Gasteiger partial charge < -0.3 is 28.4 Å². The molecule has 0 N–H and O–H groups in total. The summed E-state index contributed by atoms with van der Waals surface area (Å²) in [4.78, 5) is 24.4. The Morgan fingerprint density at radius 2 is 1.63 bits per heavy atom. The molecule has 1 fully saturated rings. The summed E-state index contributed by atoms with van der Waals surface area (Å²) in [6.07, 6.45) is -0.218. The SMILES string of the molecule is CC(=O)OC(c1ccc2c(c1)OCO2)C1COC(=O)C1Cc1ccc2c(c1)OCO2. The van der Waals surface area contributed by atoms with Crippen LogP contribution in [0.2, 0.25) is 0 Å². The number of cyclic esters (lactones) is 1. The standard InChI is InChI=1S/C22H20O8/c1-12(23)30-21(14-3-5-18-20(8-14)29-11-27-18)16-9-25-22(24)15(16)6-13-2-4-17-19(7-13)28-10-26-17/h2-5,7-8,15-16,21H,6,9-11H2,1H3. The van der Waals surface area contributed by atoms with E-state index in [9.17, 15) is 9.59 Å². The van der Waals surface area contributed by atoms with Gasteiger partial charge in [-0.2, -0.15) is 0 Å². The number of benzene rings is 2. The van der Waals surface area contributed by atoms with Gasteiger partial charge in [-0.05, 0) is 41.8 Å². The predicted octanol–water partition coefficient (Wildman–Crippen LogP) is 2.78. The van der Waals surface area contributed by atoms with Crippen LogP contribution in [0, 0.1) is 11.8 Å². The number of ether oxygens (including phenoxy) is 6. The second kappa shape index (κ2) is 7.44. The lowest BCUT2D eigenvalue weighted by atomic mass is 9.82. The molecule has 1 saturated heterocycles. The highest BCUT2D eigenvalue weighted by Crippen LogP contribution is 2.42. The first-order valence-corrected chi connectivity index (χ1v) is 9.70. The van der Waals surface area contributed by atoms with Crippen molar-refractivity contribution < 1.29 is 38.0 Å². The molecule has 30 heavy (non-hydrogen) atoms. The van der Waals surface area contributed by atoms with Gasteiger partial charge in [0, 0.05) is 12.8 Å². The summed E-state index contributed by atoms with van der Waals surface area (Å²) in [6, 6.07) is 11.0. The Bertz CT molecular complexity index is 1000. The average molecular weight is 412 g/mol. The van der Waals surface area contributed by atoms with Gasteiger partial charge in [0.25, 0.3) is 0 Å². The molecule has 8 heteroatoms. The molecule has 8 nitrogen and oxygen atoms in total. The van der Waals surface area contributed by atoms with Gasteiger partial charge in [0.05, 0.1) is 12.5 Å². The van der Waals surface area contributed by atoms with E-state index in [0.717, 1.165) is 11.1 Å². The van der Waals surface area contributed by atoms with Crippen molar-refractivity contribution in [3.63, 3.8) is 0 Å². The van der Waals surface area contributed by atoms with E-state index in [2.05, 4.69) is 0 Å². The van der Waals surface area contributed by atoms with Crippen LogP contribution in [0.4, 0.5) is 0 Å². The van der Waals surface area contributed by atoms with E-state index in [1.54, 1.807) is 12.1 Å². The normalized spacial score (nSPS) is 22.0. The zero-order valence-corrected chi connectivity index (χ0v) is 16.3. The average Bonchev–Trinajstić information content (AvgIpc) is 3.46.